The Morgan fingerprint density at radius 3 is 2.22 bits per heavy atom. The highest BCUT2D eigenvalue weighted by molar-refractivity contribution is 8.00. The fourth-order valence-corrected chi connectivity index (χ4v) is 2.65. The van der Waals surface area contributed by atoms with E-state index in [-0.39, 0.29) is 11.2 Å². The topological polar surface area (TPSA) is 43.1 Å². The zero-order valence-corrected chi connectivity index (χ0v) is 11.0. The quantitative estimate of drug-likeness (QED) is 0.854. The highest BCUT2D eigenvalue weighted by atomic mass is 32.2. The molecule has 2 nitrogen and oxygen atoms in total. The van der Waals surface area contributed by atoms with E-state index >= 15 is 0 Å². The molecule has 0 aliphatic rings. The molecule has 0 spiro atoms. The van der Waals surface area contributed by atoms with Crippen molar-refractivity contribution in [2.45, 2.75) is 17.1 Å². The molecule has 0 saturated carbocycles. The van der Waals surface area contributed by atoms with Crippen molar-refractivity contribution >= 4 is 17.7 Å². The summed E-state index contributed by atoms with van der Waals surface area (Å²) in [4.78, 5) is 12.6. The summed E-state index contributed by atoms with van der Waals surface area (Å²) in [6.45, 7) is 2.04. The molecular formula is C15H15NOS. The SMILES string of the molecule is Cc1ccc(SC(C(N)=O)c2ccccc2)cc1. The van der Waals surface area contributed by atoms with Crippen molar-refractivity contribution in [2.75, 3.05) is 0 Å². The molecule has 0 bridgehead atoms. The number of carbonyl (C=O) groups excluding carboxylic acids is 1. The van der Waals surface area contributed by atoms with E-state index in [1.54, 1.807) is 0 Å². The van der Waals surface area contributed by atoms with Crippen LogP contribution in [0.15, 0.2) is 59.5 Å². The van der Waals surface area contributed by atoms with Gasteiger partial charge in [0.2, 0.25) is 5.91 Å². The molecule has 0 aromatic heterocycles. The lowest BCUT2D eigenvalue weighted by Gasteiger charge is -2.13. The van der Waals surface area contributed by atoms with Gasteiger partial charge in [0.1, 0.15) is 5.25 Å². The van der Waals surface area contributed by atoms with E-state index in [1.807, 2.05) is 61.5 Å². The Kier molecular flexibility index (Phi) is 4.05. The summed E-state index contributed by atoms with van der Waals surface area (Å²) in [6.07, 6.45) is 0. The lowest BCUT2D eigenvalue weighted by atomic mass is 10.1. The van der Waals surface area contributed by atoms with E-state index in [1.165, 1.54) is 17.3 Å². The fourth-order valence-electron chi connectivity index (χ4n) is 1.67. The van der Waals surface area contributed by atoms with Gasteiger partial charge in [0.05, 0.1) is 0 Å². The van der Waals surface area contributed by atoms with Gasteiger partial charge >= 0.3 is 0 Å². The van der Waals surface area contributed by atoms with E-state index in [0.717, 1.165) is 10.5 Å². The number of hydrogen-bond acceptors (Lipinski definition) is 2. The molecular weight excluding hydrogens is 242 g/mol. The number of aryl methyl sites for hydroxylation is 1. The Balaban J connectivity index is 2.22. The minimum Gasteiger partial charge on any atom is -0.368 e. The molecule has 1 atom stereocenters. The van der Waals surface area contributed by atoms with Crippen molar-refractivity contribution in [2.24, 2.45) is 5.73 Å². The van der Waals surface area contributed by atoms with Gasteiger partial charge in [-0.1, -0.05) is 48.0 Å². The van der Waals surface area contributed by atoms with Crippen molar-refractivity contribution < 1.29 is 4.79 Å². The molecule has 2 rings (SSSR count). The molecule has 2 aromatic carbocycles. The normalized spacial score (nSPS) is 12.1. The number of rotatable bonds is 4. The van der Waals surface area contributed by atoms with Crippen LogP contribution < -0.4 is 5.73 Å². The van der Waals surface area contributed by atoms with Crippen LogP contribution in [0.3, 0.4) is 0 Å². The molecule has 0 saturated heterocycles. The maximum atomic E-state index is 11.6. The molecule has 1 unspecified atom stereocenters. The Bertz CT molecular complexity index is 522. The zero-order chi connectivity index (χ0) is 13.0. The number of nitrogens with two attached hydrogens (primary N) is 1. The molecule has 1 amide bonds. The summed E-state index contributed by atoms with van der Waals surface area (Å²) in [5, 5.41) is -0.339. The lowest BCUT2D eigenvalue weighted by molar-refractivity contribution is -0.117. The maximum absolute atomic E-state index is 11.6. The standard InChI is InChI=1S/C15H15NOS/c1-11-7-9-13(10-8-11)18-14(15(16)17)12-5-3-2-4-6-12/h2-10,14H,1H3,(H2,16,17). The first-order valence-corrected chi connectivity index (χ1v) is 6.62. The van der Waals surface area contributed by atoms with E-state index in [0.29, 0.717) is 0 Å². The first-order chi connectivity index (χ1) is 8.66. The van der Waals surface area contributed by atoms with Gasteiger partial charge in [0, 0.05) is 4.90 Å². The second-order valence-electron chi connectivity index (χ2n) is 4.12. The van der Waals surface area contributed by atoms with E-state index in [4.69, 9.17) is 5.73 Å². The van der Waals surface area contributed by atoms with Crippen LogP contribution in [-0.2, 0) is 4.79 Å². The van der Waals surface area contributed by atoms with Gasteiger partial charge in [0.25, 0.3) is 0 Å². The molecule has 2 N–H and O–H groups in total. The van der Waals surface area contributed by atoms with Crippen LogP contribution >= 0.6 is 11.8 Å². The molecule has 18 heavy (non-hydrogen) atoms. The predicted molar refractivity (Wildman–Crippen MR) is 75.4 cm³/mol. The first-order valence-electron chi connectivity index (χ1n) is 5.74. The van der Waals surface area contributed by atoms with Crippen molar-refractivity contribution in [3.05, 3.63) is 65.7 Å². The number of primary amides is 1. The summed E-state index contributed by atoms with van der Waals surface area (Å²) in [7, 11) is 0. The average Bonchev–Trinajstić information content (AvgIpc) is 2.38. The van der Waals surface area contributed by atoms with Crippen LogP contribution in [0.4, 0.5) is 0 Å². The molecule has 92 valence electrons. The monoisotopic (exact) mass is 257 g/mol. The number of hydrogen-bond donors (Lipinski definition) is 1. The van der Waals surface area contributed by atoms with Crippen LogP contribution in [-0.4, -0.2) is 5.91 Å². The molecule has 2 aromatic rings. The van der Waals surface area contributed by atoms with E-state index in [9.17, 15) is 4.79 Å². The summed E-state index contributed by atoms with van der Waals surface area (Å²) in [6, 6.07) is 17.7. The Labute approximate surface area is 111 Å². The molecule has 0 fully saturated rings. The minimum atomic E-state index is -0.339. The number of carbonyl (C=O) groups is 1. The largest absolute Gasteiger partial charge is 0.368 e. The number of amides is 1. The van der Waals surface area contributed by atoms with E-state index in [2.05, 4.69) is 0 Å². The van der Waals surface area contributed by atoms with Gasteiger partial charge in [-0.3, -0.25) is 4.79 Å². The predicted octanol–water partition coefficient (Wildman–Crippen LogP) is 3.31. The van der Waals surface area contributed by atoms with Crippen molar-refractivity contribution in [1.82, 2.24) is 0 Å². The van der Waals surface area contributed by atoms with Gasteiger partial charge in [-0.05, 0) is 24.6 Å². The van der Waals surface area contributed by atoms with Crippen LogP contribution in [0.25, 0.3) is 0 Å². The smallest absolute Gasteiger partial charge is 0.235 e. The fraction of sp³-hybridized carbons (Fsp3) is 0.133. The Hall–Kier alpha value is -1.74. The highest BCUT2D eigenvalue weighted by Gasteiger charge is 2.18. The lowest BCUT2D eigenvalue weighted by Crippen LogP contribution is -2.18. The summed E-state index contributed by atoms with van der Waals surface area (Å²) >= 11 is 1.48. The third kappa shape index (κ3) is 3.14. The summed E-state index contributed by atoms with van der Waals surface area (Å²) in [5.41, 5.74) is 7.63. The third-order valence-corrected chi connectivity index (χ3v) is 3.92. The third-order valence-electron chi connectivity index (χ3n) is 2.64. The van der Waals surface area contributed by atoms with Crippen LogP contribution in [0.2, 0.25) is 0 Å². The van der Waals surface area contributed by atoms with Gasteiger partial charge in [0.15, 0.2) is 0 Å². The molecule has 0 radical (unpaired) electrons. The van der Waals surface area contributed by atoms with Gasteiger partial charge in [-0.15, -0.1) is 11.8 Å². The minimum absolute atomic E-state index is 0.313. The Morgan fingerprint density at radius 1 is 1.06 bits per heavy atom. The van der Waals surface area contributed by atoms with Crippen molar-refractivity contribution in [3.8, 4) is 0 Å². The molecule has 3 heteroatoms. The first kappa shape index (κ1) is 12.7. The van der Waals surface area contributed by atoms with Crippen LogP contribution in [0, 0.1) is 6.92 Å². The maximum Gasteiger partial charge on any atom is 0.235 e. The molecule has 0 aliphatic heterocycles. The average molecular weight is 257 g/mol. The summed E-state index contributed by atoms with van der Waals surface area (Å²) < 4.78 is 0. The van der Waals surface area contributed by atoms with Crippen LogP contribution in [0.5, 0.6) is 0 Å². The molecule has 0 aliphatic carbocycles. The number of thioether (sulfide) groups is 1. The van der Waals surface area contributed by atoms with Gasteiger partial charge < -0.3 is 5.73 Å². The van der Waals surface area contributed by atoms with Gasteiger partial charge in [-0.25, -0.2) is 0 Å². The van der Waals surface area contributed by atoms with Crippen molar-refractivity contribution in [3.63, 3.8) is 0 Å². The second kappa shape index (κ2) is 5.74. The second-order valence-corrected chi connectivity index (χ2v) is 5.30. The number of benzene rings is 2. The Morgan fingerprint density at radius 2 is 1.67 bits per heavy atom. The summed E-state index contributed by atoms with van der Waals surface area (Å²) in [5.74, 6) is -0.313. The zero-order valence-electron chi connectivity index (χ0n) is 10.2. The van der Waals surface area contributed by atoms with Crippen LogP contribution in [0.1, 0.15) is 16.4 Å². The van der Waals surface area contributed by atoms with Gasteiger partial charge in [-0.2, -0.15) is 0 Å². The van der Waals surface area contributed by atoms with Crippen molar-refractivity contribution in [1.29, 1.82) is 0 Å². The highest BCUT2D eigenvalue weighted by Crippen LogP contribution is 2.34. The molecule has 0 heterocycles. The van der Waals surface area contributed by atoms with E-state index < -0.39 is 0 Å².